The van der Waals surface area contributed by atoms with Crippen LogP contribution >= 0.6 is 0 Å². The third kappa shape index (κ3) is 10.1. The fourth-order valence-corrected chi connectivity index (χ4v) is 5.46. The van der Waals surface area contributed by atoms with Gasteiger partial charge in [0, 0.05) is 0 Å². The summed E-state index contributed by atoms with van der Waals surface area (Å²) >= 11 is -7.91. The van der Waals surface area contributed by atoms with Gasteiger partial charge in [0.2, 0.25) is 0 Å². The van der Waals surface area contributed by atoms with E-state index >= 15 is 0 Å². The van der Waals surface area contributed by atoms with Crippen molar-refractivity contribution < 1.29 is 120 Å². The summed E-state index contributed by atoms with van der Waals surface area (Å²) in [7, 11) is 0.607. The first-order valence-corrected chi connectivity index (χ1v) is 12.2. The molecule has 0 bridgehead atoms. The minimum absolute atomic E-state index is 0.607. The third-order valence-corrected chi connectivity index (χ3v) is 7.74. The molecule has 0 rings (SSSR count). The van der Waals surface area contributed by atoms with Gasteiger partial charge in [-0.1, -0.05) is 0 Å². The van der Waals surface area contributed by atoms with Crippen LogP contribution in [0.3, 0.4) is 0 Å². The molecule has 0 amide bonds. The Kier molecular flexibility index (Phi) is 10.8. The average molecular weight is 623 g/mol. The number of halogens is 16. The quantitative estimate of drug-likeness (QED) is 0.205. The van der Waals surface area contributed by atoms with Crippen LogP contribution in [0, 0.1) is 11.8 Å². The minimum atomic E-state index is -6.49. The number of alkyl halides is 16. The van der Waals surface area contributed by atoms with E-state index in [0.29, 0.717) is 7.85 Å². The molecule has 0 aromatic heterocycles. The topological polar surface area (TPSA) is 36.9 Å². The molecule has 0 aromatic rings. The second kappa shape index (κ2) is 10.7. The second-order valence-corrected chi connectivity index (χ2v) is 9.18. The molecule has 0 fully saturated rings. The standard InChI is InChI=1S/2C4HF8O.CH3BO2.2Zn/c2*5-2(6,7)1(3(8,9)10)4(11,12)13;2-1(3)4;;/h2*1H;1H,2H2;;/q2*-1;-2;2*+2. The van der Waals surface area contributed by atoms with E-state index in [9.17, 15) is 70.2 Å². The van der Waals surface area contributed by atoms with E-state index in [1.165, 1.54) is 0 Å². The van der Waals surface area contributed by atoms with Crippen molar-refractivity contribution in [3.8, 4) is 0 Å². The van der Waals surface area contributed by atoms with Gasteiger partial charge < -0.3 is 0 Å². The molecule has 0 saturated heterocycles. The first-order valence-electron chi connectivity index (χ1n) is 7.37. The van der Waals surface area contributed by atoms with Gasteiger partial charge in [-0.05, 0) is 0 Å². The maximum absolute atomic E-state index is 13.2. The Labute approximate surface area is 183 Å². The van der Waals surface area contributed by atoms with Gasteiger partial charge in [0.1, 0.15) is 0 Å². The van der Waals surface area contributed by atoms with Crippen molar-refractivity contribution in [1.29, 1.82) is 0 Å². The van der Waals surface area contributed by atoms with Crippen molar-refractivity contribution in [3.05, 3.63) is 0 Å². The Bertz CT molecular complexity index is 512. The molecule has 32 heavy (non-hydrogen) atoms. The number of hydrogen-bond acceptors (Lipinski definition) is 4. The van der Waals surface area contributed by atoms with Crippen LogP contribution in [0.15, 0.2) is 0 Å². The summed E-state index contributed by atoms with van der Waals surface area (Å²) in [6.07, 6.45) is -39.7. The Morgan fingerprint density at radius 2 is 0.688 bits per heavy atom. The number of hydrogen-bond donors (Lipinski definition) is 0. The zero-order chi connectivity index (χ0) is 26.0. The fourth-order valence-electron chi connectivity index (χ4n) is 1.76. The fraction of sp³-hybridized carbons (Fsp3) is 1.00. The van der Waals surface area contributed by atoms with E-state index in [2.05, 4.69) is 14.3 Å². The van der Waals surface area contributed by atoms with Crippen molar-refractivity contribution in [2.75, 3.05) is 0 Å². The van der Waals surface area contributed by atoms with Crippen LogP contribution in [0.2, 0.25) is 0 Å². The van der Waals surface area contributed by atoms with E-state index in [1.54, 1.807) is 0 Å². The Morgan fingerprint density at radius 3 is 0.875 bits per heavy atom. The molecule has 23 heteroatoms. The molecule has 0 aliphatic heterocycles. The van der Waals surface area contributed by atoms with Crippen LogP contribution in [-0.2, 0) is 49.9 Å². The summed E-state index contributed by atoms with van der Waals surface area (Å²) < 4.78 is 214. The van der Waals surface area contributed by atoms with Crippen molar-refractivity contribution in [3.63, 3.8) is 0 Å². The SMILES string of the molecule is BC([O][Zn][O]C(F)(F)C(C(F)(F)F)C(F)(F)F)[O][Zn][O]C(F)(F)C(C(F)(F)F)C(F)(F)F. The maximum atomic E-state index is 13.2. The van der Waals surface area contributed by atoms with E-state index in [-0.39, 0.29) is 0 Å². The molecule has 0 spiro atoms. The summed E-state index contributed by atoms with van der Waals surface area (Å²) in [5.41, 5.74) is 0. The Hall–Kier alpha value is 0.0317. The molecule has 184 valence electrons. The molecular weight excluding hydrogens is 618 g/mol. The van der Waals surface area contributed by atoms with Gasteiger partial charge in [0.25, 0.3) is 0 Å². The van der Waals surface area contributed by atoms with E-state index in [4.69, 9.17) is 0 Å². The van der Waals surface area contributed by atoms with Gasteiger partial charge in [-0.3, -0.25) is 0 Å². The Morgan fingerprint density at radius 1 is 0.469 bits per heavy atom. The van der Waals surface area contributed by atoms with Gasteiger partial charge in [-0.25, -0.2) is 0 Å². The van der Waals surface area contributed by atoms with Gasteiger partial charge in [-0.2, -0.15) is 0 Å². The van der Waals surface area contributed by atoms with Gasteiger partial charge in [0.05, 0.1) is 0 Å². The summed E-state index contributed by atoms with van der Waals surface area (Å²) in [6.45, 7) is 0. The molecule has 0 unspecified atom stereocenters. The summed E-state index contributed by atoms with van der Waals surface area (Å²) in [5, 5.41) is 0. The van der Waals surface area contributed by atoms with Crippen LogP contribution in [0.4, 0.5) is 70.2 Å². The monoisotopic (exact) mass is 620 g/mol. The molecule has 4 nitrogen and oxygen atoms in total. The normalized spacial score (nSPS) is 14.8. The first-order chi connectivity index (χ1) is 13.8. The molecule has 0 heterocycles. The van der Waals surface area contributed by atoms with Gasteiger partial charge in [0.15, 0.2) is 0 Å². The van der Waals surface area contributed by atoms with Crippen LogP contribution < -0.4 is 0 Å². The molecule has 0 aliphatic rings. The molecule has 0 radical (unpaired) electrons. The molecule has 0 N–H and O–H groups in total. The molecule has 0 aromatic carbocycles. The van der Waals surface area contributed by atoms with Crippen LogP contribution in [0.25, 0.3) is 0 Å². The third-order valence-electron chi connectivity index (χ3n) is 3.09. The zero-order valence-electron chi connectivity index (χ0n) is 14.8. The van der Waals surface area contributed by atoms with Gasteiger partial charge in [-0.15, -0.1) is 0 Å². The average Bonchev–Trinajstić information content (AvgIpc) is 2.38. The molecule has 0 saturated carbocycles. The zero-order valence-corrected chi connectivity index (χ0v) is 20.8. The summed E-state index contributed by atoms with van der Waals surface area (Å²) in [4.78, 5) is 0. The summed E-state index contributed by atoms with van der Waals surface area (Å²) in [5.74, 6) is -10.5. The molecule has 0 atom stereocenters. The summed E-state index contributed by atoms with van der Waals surface area (Å²) in [6, 6.07) is 0. The van der Waals surface area contributed by atoms with Crippen LogP contribution in [0.5, 0.6) is 0 Å². The predicted octanol–water partition coefficient (Wildman–Crippen LogP) is 4.46. The van der Waals surface area contributed by atoms with Crippen molar-refractivity contribution >= 4 is 7.85 Å². The molecular formula is C9H5BF16O4Zn2. The van der Waals surface area contributed by atoms with Crippen molar-refractivity contribution in [2.24, 2.45) is 11.8 Å². The van der Waals surface area contributed by atoms with Crippen molar-refractivity contribution in [2.45, 2.75) is 43.1 Å². The first kappa shape index (κ1) is 32.0. The van der Waals surface area contributed by atoms with E-state index in [1.807, 2.05) is 0 Å². The van der Waals surface area contributed by atoms with E-state index in [0.717, 1.165) is 0 Å². The Balaban J connectivity index is 4.86. The van der Waals surface area contributed by atoms with Crippen LogP contribution in [0.1, 0.15) is 0 Å². The molecule has 0 aliphatic carbocycles. The van der Waals surface area contributed by atoms with E-state index < -0.39 is 90.6 Å². The van der Waals surface area contributed by atoms with Gasteiger partial charge >= 0.3 is 183 Å². The van der Waals surface area contributed by atoms with Crippen molar-refractivity contribution in [1.82, 2.24) is 0 Å². The van der Waals surface area contributed by atoms with Crippen LogP contribution in [-0.4, -0.2) is 51.0 Å². The predicted molar refractivity (Wildman–Crippen MR) is 57.8 cm³/mol. The number of rotatable bonds is 10. The second-order valence-electron chi connectivity index (χ2n) is 5.58.